The lowest BCUT2D eigenvalue weighted by Crippen LogP contribution is -2.25. The molecule has 1 aromatic rings. The predicted octanol–water partition coefficient (Wildman–Crippen LogP) is 3.51. The topological polar surface area (TPSA) is 44.2 Å². The summed E-state index contributed by atoms with van der Waals surface area (Å²) in [4.78, 5) is 8.80. The molecule has 4 nitrogen and oxygen atoms in total. The van der Waals surface area contributed by atoms with Crippen molar-refractivity contribution in [3.8, 4) is 5.88 Å². The minimum absolute atomic E-state index is 0.190. The first kappa shape index (κ1) is 14.5. The van der Waals surface area contributed by atoms with Crippen LogP contribution < -0.4 is 4.74 Å². The van der Waals surface area contributed by atoms with Crippen LogP contribution in [0.3, 0.4) is 0 Å². The molecule has 0 bridgehead atoms. The van der Waals surface area contributed by atoms with Gasteiger partial charge in [-0.1, -0.05) is 11.6 Å². The van der Waals surface area contributed by atoms with Crippen LogP contribution in [0, 0.1) is 6.92 Å². The minimum Gasteiger partial charge on any atom is -0.477 e. The summed E-state index contributed by atoms with van der Waals surface area (Å²) in [7, 11) is 1.71. The van der Waals surface area contributed by atoms with Gasteiger partial charge in [0.05, 0.1) is 12.2 Å². The molecular formula is C14H21ClN2O2. The van der Waals surface area contributed by atoms with E-state index in [9.17, 15) is 0 Å². The molecule has 1 heterocycles. The molecule has 1 saturated carbocycles. The second-order valence-corrected chi connectivity index (χ2v) is 6.00. The van der Waals surface area contributed by atoms with E-state index in [0.717, 1.165) is 30.7 Å². The third kappa shape index (κ3) is 3.80. The summed E-state index contributed by atoms with van der Waals surface area (Å²) >= 11 is 6.13. The number of hydrogen-bond acceptors (Lipinski definition) is 4. The smallest absolute Gasteiger partial charge is 0.221 e. The van der Waals surface area contributed by atoms with Gasteiger partial charge in [0.25, 0.3) is 0 Å². The number of methoxy groups -OCH3 is 1. The standard InChI is InChI=1S/C14H21ClN2O2/c1-9-11(15)16-12(10-5-6-10)17-13(9)19-8-7-14(2,3)18-4/h10H,5-8H2,1-4H3. The lowest BCUT2D eigenvalue weighted by atomic mass is 10.1. The van der Waals surface area contributed by atoms with Crippen molar-refractivity contribution in [1.82, 2.24) is 9.97 Å². The van der Waals surface area contributed by atoms with Gasteiger partial charge in [-0.05, 0) is 33.6 Å². The van der Waals surface area contributed by atoms with Gasteiger partial charge in [0.2, 0.25) is 5.88 Å². The Kier molecular flexibility index (Phi) is 4.31. The zero-order valence-corrected chi connectivity index (χ0v) is 12.8. The average molecular weight is 285 g/mol. The van der Waals surface area contributed by atoms with Gasteiger partial charge in [0, 0.05) is 25.0 Å². The van der Waals surface area contributed by atoms with E-state index in [0.29, 0.717) is 23.6 Å². The predicted molar refractivity (Wildman–Crippen MR) is 75.0 cm³/mol. The highest BCUT2D eigenvalue weighted by molar-refractivity contribution is 6.30. The van der Waals surface area contributed by atoms with E-state index in [1.54, 1.807) is 7.11 Å². The molecule has 1 fully saturated rings. The summed E-state index contributed by atoms with van der Waals surface area (Å²) in [5.41, 5.74) is 0.616. The van der Waals surface area contributed by atoms with E-state index in [1.165, 1.54) is 0 Å². The van der Waals surface area contributed by atoms with Gasteiger partial charge < -0.3 is 9.47 Å². The van der Waals surface area contributed by atoms with Gasteiger partial charge in [0.15, 0.2) is 0 Å². The zero-order valence-electron chi connectivity index (χ0n) is 12.0. The molecule has 0 aromatic carbocycles. The van der Waals surface area contributed by atoms with Gasteiger partial charge >= 0.3 is 0 Å². The fraction of sp³-hybridized carbons (Fsp3) is 0.714. The van der Waals surface area contributed by atoms with E-state index in [1.807, 2.05) is 20.8 Å². The second kappa shape index (κ2) is 5.63. The largest absolute Gasteiger partial charge is 0.477 e. The fourth-order valence-corrected chi connectivity index (χ4v) is 1.81. The number of ether oxygens (including phenoxy) is 2. The van der Waals surface area contributed by atoms with Gasteiger partial charge in [-0.2, -0.15) is 4.98 Å². The highest BCUT2D eigenvalue weighted by atomic mass is 35.5. The molecule has 0 radical (unpaired) electrons. The monoisotopic (exact) mass is 284 g/mol. The van der Waals surface area contributed by atoms with Gasteiger partial charge in [-0.15, -0.1) is 0 Å². The molecule has 1 aliphatic carbocycles. The van der Waals surface area contributed by atoms with Crippen LogP contribution in [0.5, 0.6) is 5.88 Å². The maximum atomic E-state index is 6.13. The lowest BCUT2D eigenvalue weighted by Gasteiger charge is -2.22. The summed E-state index contributed by atoms with van der Waals surface area (Å²) in [5.74, 6) is 1.89. The van der Waals surface area contributed by atoms with Crippen molar-refractivity contribution in [3.05, 3.63) is 16.5 Å². The SMILES string of the molecule is COC(C)(C)CCOc1nc(C2CC2)nc(Cl)c1C. The van der Waals surface area contributed by atoms with Crippen LogP contribution in [0.4, 0.5) is 0 Å². The first-order valence-electron chi connectivity index (χ1n) is 6.65. The summed E-state index contributed by atoms with van der Waals surface area (Å²) in [5, 5.41) is 0.498. The Balaban J connectivity index is 2.03. The first-order valence-corrected chi connectivity index (χ1v) is 7.03. The van der Waals surface area contributed by atoms with Crippen LogP contribution in [0.25, 0.3) is 0 Å². The Morgan fingerprint density at radius 3 is 2.58 bits per heavy atom. The summed E-state index contributed by atoms with van der Waals surface area (Å²) in [6, 6.07) is 0. The molecule has 5 heteroatoms. The molecular weight excluding hydrogens is 264 g/mol. The zero-order chi connectivity index (χ0) is 14.0. The van der Waals surface area contributed by atoms with Crippen molar-refractivity contribution in [2.24, 2.45) is 0 Å². The molecule has 19 heavy (non-hydrogen) atoms. The third-order valence-electron chi connectivity index (χ3n) is 3.50. The van der Waals surface area contributed by atoms with Crippen LogP contribution in [-0.4, -0.2) is 29.3 Å². The molecule has 0 atom stereocenters. The number of nitrogens with zero attached hydrogens (tertiary/aromatic N) is 2. The van der Waals surface area contributed by atoms with Gasteiger partial charge in [-0.25, -0.2) is 4.98 Å². The molecule has 0 spiro atoms. The van der Waals surface area contributed by atoms with E-state index in [-0.39, 0.29) is 5.60 Å². The molecule has 106 valence electrons. The summed E-state index contributed by atoms with van der Waals surface area (Å²) in [6.45, 7) is 6.51. The molecule has 0 aliphatic heterocycles. The average Bonchev–Trinajstić information content (AvgIpc) is 3.18. The Morgan fingerprint density at radius 2 is 2.00 bits per heavy atom. The van der Waals surface area contributed by atoms with Crippen molar-refractivity contribution >= 4 is 11.6 Å². The van der Waals surface area contributed by atoms with Crippen LogP contribution in [0.2, 0.25) is 5.15 Å². The third-order valence-corrected chi connectivity index (χ3v) is 3.87. The Hall–Kier alpha value is -0.870. The van der Waals surface area contributed by atoms with E-state index < -0.39 is 0 Å². The van der Waals surface area contributed by atoms with Crippen LogP contribution in [0.15, 0.2) is 0 Å². The first-order chi connectivity index (χ1) is 8.93. The number of aromatic nitrogens is 2. The number of halogens is 1. The van der Waals surface area contributed by atoms with Crippen molar-refractivity contribution < 1.29 is 9.47 Å². The normalized spacial score (nSPS) is 15.6. The van der Waals surface area contributed by atoms with Crippen molar-refractivity contribution in [2.75, 3.05) is 13.7 Å². The lowest BCUT2D eigenvalue weighted by molar-refractivity contribution is 0.00499. The van der Waals surface area contributed by atoms with Crippen molar-refractivity contribution in [2.45, 2.75) is 51.6 Å². The van der Waals surface area contributed by atoms with Crippen molar-refractivity contribution in [1.29, 1.82) is 0 Å². The molecule has 1 aliphatic rings. The molecule has 0 saturated heterocycles. The van der Waals surface area contributed by atoms with E-state index >= 15 is 0 Å². The van der Waals surface area contributed by atoms with E-state index in [2.05, 4.69) is 9.97 Å². The maximum Gasteiger partial charge on any atom is 0.221 e. The van der Waals surface area contributed by atoms with Crippen LogP contribution in [-0.2, 0) is 4.74 Å². The minimum atomic E-state index is -0.190. The summed E-state index contributed by atoms with van der Waals surface area (Å²) in [6.07, 6.45) is 3.09. The van der Waals surface area contributed by atoms with E-state index in [4.69, 9.17) is 21.1 Å². The Bertz CT molecular complexity index is 459. The quantitative estimate of drug-likeness (QED) is 0.750. The van der Waals surface area contributed by atoms with Gasteiger partial charge in [0.1, 0.15) is 11.0 Å². The Labute approximate surface area is 119 Å². The van der Waals surface area contributed by atoms with Crippen LogP contribution in [0.1, 0.15) is 50.4 Å². The van der Waals surface area contributed by atoms with Gasteiger partial charge in [-0.3, -0.25) is 0 Å². The fourth-order valence-electron chi connectivity index (χ4n) is 1.65. The second-order valence-electron chi connectivity index (χ2n) is 5.64. The molecule has 0 N–H and O–H groups in total. The highest BCUT2D eigenvalue weighted by Crippen LogP contribution is 2.39. The molecule has 0 unspecified atom stereocenters. The highest BCUT2D eigenvalue weighted by Gasteiger charge is 2.28. The molecule has 2 rings (SSSR count). The molecule has 0 amide bonds. The number of rotatable bonds is 6. The molecule has 1 aromatic heterocycles. The summed E-state index contributed by atoms with van der Waals surface area (Å²) < 4.78 is 11.1. The van der Waals surface area contributed by atoms with Crippen molar-refractivity contribution in [3.63, 3.8) is 0 Å². The maximum absolute atomic E-state index is 6.13. The Morgan fingerprint density at radius 1 is 1.32 bits per heavy atom. The van der Waals surface area contributed by atoms with Crippen LogP contribution >= 0.6 is 11.6 Å². The number of hydrogen-bond donors (Lipinski definition) is 0.